The van der Waals surface area contributed by atoms with E-state index in [1.807, 2.05) is 36.4 Å². The molecular weight excluding hydrogens is 148 g/mol. The van der Waals surface area contributed by atoms with Crippen LogP contribution in [0.3, 0.4) is 0 Å². The third-order valence-electron chi connectivity index (χ3n) is 2.11. The highest BCUT2D eigenvalue weighted by Crippen LogP contribution is 2.35. The Balaban J connectivity index is 1.93. The van der Waals surface area contributed by atoms with Gasteiger partial charge >= 0.3 is 0 Å². The molecule has 0 radical (unpaired) electrons. The van der Waals surface area contributed by atoms with Gasteiger partial charge in [0.15, 0.2) is 0 Å². The molecule has 1 saturated carbocycles. The smallest absolute Gasteiger partial charge is 0.119 e. The van der Waals surface area contributed by atoms with Crippen LogP contribution < -0.4 is 4.74 Å². The first kappa shape index (κ1) is 7.41. The van der Waals surface area contributed by atoms with Gasteiger partial charge in [-0.1, -0.05) is 24.3 Å². The third kappa shape index (κ3) is 1.50. The van der Waals surface area contributed by atoms with Crippen molar-refractivity contribution in [2.24, 2.45) is 5.92 Å². The molecule has 0 aliphatic heterocycles. The van der Waals surface area contributed by atoms with E-state index >= 15 is 0 Å². The Labute approximate surface area is 72.7 Å². The van der Waals surface area contributed by atoms with Gasteiger partial charge in [0.25, 0.3) is 0 Å². The SMILES string of the molecule is C=C[C@H]1C[C@@H]1Oc1ccccc1. The second-order valence-corrected chi connectivity index (χ2v) is 3.10. The van der Waals surface area contributed by atoms with Crippen LogP contribution in [0, 0.1) is 5.92 Å². The van der Waals surface area contributed by atoms with E-state index in [0.29, 0.717) is 12.0 Å². The van der Waals surface area contributed by atoms with Crippen LogP contribution in [0.15, 0.2) is 43.0 Å². The van der Waals surface area contributed by atoms with Crippen molar-refractivity contribution in [3.05, 3.63) is 43.0 Å². The summed E-state index contributed by atoms with van der Waals surface area (Å²) in [5, 5.41) is 0. The average Bonchev–Trinajstić information content (AvgIpc) is 2.85. The molecule has 0 heterocycles. The fourth-order valence-corrected chi connectivity index (χ4v) is 1.25. The minimum absolute atomic E-state index is 0.380. The van der Waals surface area contributed by atoms with Crippen LogP contribution in [0.4, 0.5) is 0 Å². The maximum absolute atomic E-state index is 5.66. The molecule has 1 aliphatic carbocycles. The maximum atomic E-state index is 5.66. The lowest BCUT2D eigenvalue weighted by Gasteiger charge is -2.02. The molecule has 1 fully saturated rings. The van der Waals surface area contributed by atoms with Crippen molar-refractivity contribution in [2.45, 2.75) is 12.5 Å². The molecule has 1 aromatic rings. The molecule has 0 aromatic heterocycles. The standard InChI is InChI=1S/C11H12O/c1-2-9-8-11(9)12-10-6-4-3-5-7-10/h2-7,9,11H,1,8H2/t9-,11-/m0/s1. The van der Waals surface area contributed by atoms with Crippen molar-refractivity contribution < 1.29 is 4.74 Å². The molecule has 1 aromatic carbocycles. The minimum atomic E-state index is 0.380. The number of hydrogen-bond donors (Lipinski definition) is 0. The van der Waals surface area contributed by atoms with E-state index in [1.165, 1.54) is 0 Å². The predicted molar refractivity (Wildman–Crippen MR) is 49.2 cm³/mol. The summed E-state index contributed by atoms with van der Waals surface area (Å²) in [5.74, 6) is 1.54. The fraction of sp³-hybridized carbons (Fsp3) is 0.273. The first-order valence-electron chi connectivity index (χ1n) is 4.24. The molecule has 2 rings (SSSR count). The van der Waals surface area contributed by atoms with E-state index in [2.05, 4.69) is 6.58 Å². The summed E-state index contributed by atoms with van der Waals surface area (Å²) < 4.78 is 5.66. The zero-order valence-electron chi connectivity index (χ0n) is 6.94. The van der Waals surface area contributed by atoms with E-state index in [-0.39, 0.29) is 0 Å². The third-order valence-corrected chi connectivity index (χ3v) is 2.11. The second kappa shape index (κ2) is 3.02. The molecule has 1 nitrogen and oxygen atoms in total. The lowest BCUT2D eigenvalue weighted by molar-refractivity contribution is 0.293. The Hall–Kier alpha value is -1.24. The highest BCUT2D eigenvalue weighted by molar-refractivity contribution is 5.22. The van der Waals surface area contributed by atoms with Gasteiger partial charge in [0, 0.05) is 5.92 Å². The monoisotopic (exact) mass is 160 g/mol. The Morgan fingerprint density at radius 3 is 2.67 bits per heavy atom. The quantitative estimate of drug-likeness (QED) is 0.617. The summed E-state index contributed by atoms with van der Waals surface area (Å²) in [5.41, 5.74) is 0. The summed E-state index contributed by atoms with van der Waals surface area (Å²) in [6.45, 7) is 3.73. The van der Waals surface area contributed by atoms with E-state index in [0.717, 1.165) is 12.2 Å². The van der Waals surface area contributed by atoms with Gasteiger partial charge in [-0.15, -0.1) is 6.58 Å². The molecule has 0 unspecified atom stereocenters. The van der Waals surface area contributed by atoms with Crippen molar-refractivity contribution in [1.82, 2.24) is 0 Å². The summed E-state index contributed by atoms with van der Waals surface area (Å²) in [4.78, 5) is 0. The van der Waals surface area contributed by atoms with Crippen molar-refractivity contribution in [1.29, 1.82) is 0 Å². The van der Waals surface area contributed by atoms with Crippen LogP contribution in [0.2, 0.25) is 0 Å². The number of para-hydroxylation sites is 1. The lowest BCUT2D eigenvalue weighted by atomic mass is 10.3. The van der Waals surface area contributed by atoms with Crippen LogP contribution >= 0.6 is 0 Å². The van der Waals surface area contributed by atoms with E-state index < -0.39 is 0 Å². The Kier molecular flexibility index (Phi) is 1.86. The number of benzene rings is 1. The van der Waals surface area contributed by atoms with Gasteiger partial charge in [0.2, 0.25) is 0 Å². The highest BCUT2D eigenvalue weighted by Gasteiger charge is 2.36. The maximum Gasteiger partial charge on any atom is 0.119 e. The molecule has 12 heavy (non-hydrogen) atoms. The van der Waals surface area contributed by atoms with Crippen LogP contribution in [-0.4, -0.2) is 6.10 Å². The van der Waals surface area contributed by atoms with E-state index in [1.54, 1.807) is 0 Å². The van der Waals surface area contributed by atoms with Crippen molar-refractivity contribution in [3.63, 3.8) is 0 Å². The molecule has 0 N–H and O–H groups in total. The van der Waals surface area contributed by atoms with E-state index in [9.17, 15) is 0 Å². The zero-order chi connectivity index (χ0) is 8.39. The van der Waals surface area contributed by atoms with Gasteiger partial charge < -0.3 is 4.74 Å². The number of hydrogen-bond acceptors (Lipinski definition) is 1. The molecule has 1 aliphatic rings. The van der Waals surface area contributed by atoms with Gasteiger partial charge in [0.05, 0.1) is 0 Å². The first-order chi connectivity index (χ1) is 5.90. The normalized spacial score (nSPS) is 26.3. The summed E-state index contributed by atoms with van der Waals surface area (Å²) >= 11 is 0. The lowest BCUT2D eigenvalue weighted by Crippen LogP contribution is -1.98. The van der Waals surface area contributed by atoms with Gasteiger partial charge in [-0.3, -0.25) is 0 Å². The highest BCUT2D eigenvalue weighted by atomic mass is 16.5. The average molecular weight is 160 g/mol. The summed E-state index contributed by atoms with van der Waals surface area (Å²) in [7, 11) is 0. The molecule has 1 heteroatoms. The molecule has 0 spiro atoms. The molecule has 0 saturated heterocycles. The summed E-state index contributed by atoms with van der Waals surface area (Å²) in [6, 6.07) is 9.93. The second-order valence-electron chi connectivity index (χ2n) is 3.10. The molecule has 0 bridgehead atoms. The molecule has 0 amide bonds. The predicted octanol–water partition coefficient (Wildman–Crippen LogP) is 2.64. The van der Waals surface area contributed by atoms with Gasteiger partial charge in [-0.2, -0.15) is 0 Å². The van der Waals surface area contributed by atoms with Crippen LogP contribution in [-0.2, 0) is 0 Å². The Bertz CT molecular complexity index is 266. The molecule has 2 atom stereocenters. The fourth-order valence-electron chi connectivity index (χ4n) is 1.25. The number of ether oxygens (including phenoxy) is 1. The van der Waals surface area contributed by atoms with Crippen LogP contribution in [0.25, 0.3) is 0 Å². The molecular formula is C11H12O. The Morgan fingerprint density at radius 1 is 1.33 bits per heavy atom. The number of rotatable bonds is 3. The largest absolute Gasteiger partial charge is 0.490 e. The molecule has 62 valence electrons. The minimum Gasteiger partial charge on any atom is -0.490 e. The zero-order valence-corrected chi connectivity index (χ0v) is 6.94. The topological polar surface area (TPSA) is 9.23 Å². The van der Waals surface area contributed by atoms with Gasteiger partial charge in [-0.25, -0.2) is 0 Å². The van der Waals surface area contributed by atoms with E-state index in [4.69, 9.17) is 4.74 Å². The van der Waals surface area contributed by atoms with Crippen LogP contribution in [0.1, 0.15) is 6.42 Å². The summed E-state index contributed by atoms with van der Waals surface area (Å²) in [6.07, 6.45) is 3.47. The Morgan fingerprint density at radius 2 is 2.08 bits per heavy atom. The van der Waals surface area contributed by atoms with Crippen LogP contribution in [0.5, 0.6) is 5.75 Å². The van der Waals surface area contributed by atoms with Crippen molar-refractivity contribution in [3.8, 4) is 5.75 Å². The first-order valence-corrected chi connectivity index (χ1v) is 4.24. The van der Waals surface area contributed by atoms with Crippen molar-refractivity contribution >= 4 is 0 Å². The van der Waals surface area contributed by atoms with Gasteiger partial charge in [0.1, 0.15) is 11.9 Å². The van der Waals surface area contributed by atoms with Gasteiger partial charge in [-0.05, 0) is 18.6 Å². The van der Waals surface area contributed by atoms with Crippen molar-refractivity contribution in [2.75, 3.05) is 0 Å².